The molecule has 0 atom stereocenters. The second-order valence-corrected chi connectivity index (χ2v) is 4.76. The molecule has 2 rings (SSSR count). The number of methoxy groups -OCH3 is 2. The van der Waals surface area contributed by atoms with Crippen molar-refractivity contribution in [2.45, 2.75) is 0 Å². The molecule has 0 saturated carbocycles. The fourth-order valence-electron chi connectivity index (χ4n) is 1.90. The number of amides is 1. The van der Waals surface area contributed by atoms with E-state index < -0.39 is 0 Å². The molecule has 0 saturated heterocycles. The van der Waals surface area contributed by atoms with Crippen molar-refractivity contribution < 1.29 is 18.7 Å². The van der Waals surface area contributed by atoms with Crippen LogP contribution in [0.5, 0.6) is 11.5 Å². The Balaban J connectivity index is 1.89. The van der Waals surface area contributed by atoms with E-state index in [9.17, 15) is 9.18 Å². The minimum Gasteiger partial charge on any atom is -0.497 e. The van der Waals surface area contributed by atoms with Crippen molar-refractivity contribution in [3.8, 4) is 11.5 Å². The molecule has 24 heavy (non-hydrogen) atoms. The number of nitrogens with zero attached hydrogens (tertiary/aromatic N) is 1. The van der Waals surface area contributed by atoms with Gasteiger partial charge in [-0.15, -0.1) is 0 Å². The largest absolute Gasteiger partial charge is 0.497 e. The van der Waals surface area contributed by atoms with Gasteiger partial charge in [0.15, 0.2) is 0 Å². The summed E-state index contributed by atoms with van der Waals surface area (Å²) >= 11 is 0. The summed E-state index contributed by atoms with van der Waals surface area (Å²) in [6.45, 7) is 0.0121. The lowest BCUT2D eigenvalue weighted by molar-refractivity contribution is -0.119. The average Bonchev–Trinajstić information content (AvgIpc) is 2.61. The van der Waals surface area contributed by atoms with Crippen LogP contribution in [0.3, 0.4) is 0 Å². The molecule has 0 radical (unpaired) electrons. The van der Waals surface area contributed by atoms with Crippen LogP contribution >= 0.6 is 0 Å². The Bertz CT molecular complexity index is 718. The molecule has 1 amide bonds. The van der Waals surface area contributed by atoms with E-state index >= 15 is 0 Å². The van der Waals surface area contributed by atoms with Gasteiger partial charge >= 0.3 is 0 Å². The molecule has 0 aliphatic heterocycles. The number of carbonyl (C=O) groups is 1. The summed E-state index contributed by atoms with van der Waals surface area (Å²) in [5.74, 6) is 0.596. The molecule has 6 nitrogen and oxygen atoms in total. The Morgan fingerprint density at radius 2 is 1.92 bits per heavy atom. The van der Waals surface area contributed by atoms with Gasteiger partial charge in [0.1, 0.15) is 17.3 Å². The molecule has 0 spiro atoms. The van der Waals surface area contributed by atoms with Gasteiger partial charge in [-0.1, -0.05) is 0 Å². The monoisotopic (exact) mass is 331 g/mol. The van der Waals surface area contributed by atoms with E-state index in [0.29, 0.717) is 22.7 Å². The summed E-state index contributed by atoms with van der Waals surface area (Å²) < 4.78 is 23.1. The number of ether oxygens (including phenoxy) is 2. The van der Waals surface area contributed by atoms with Gasteiger partial charge in [0.2, 0.25) is 0 Å². The first-order valence-corrected chi connectivity index (χ1v) is 7.15. The van der Waals surface area contributed by atoms with Crippen LogP contribution in [0.1, 0.15) is 5.56 Å². The summed E-state index contributed by atoms with van der Waals surface area (Å²) in [7, 11) is 3.11. The average molecular weight is 331 g/mol. The Kier molecular flexibility index (Phi) is 6.13. The highest BCUT2D eigenvalue weighted by atomic mass is 19.1. The SMILES string of the molecule is COc1ccc(OC)c(/C=N/NC(=O)CNc2ccc(F)cc2)c1. The maximum absolute atomic E-state index is 12.8. The second kappa shape index (κ2) is 8.52. The Hall–Kier alpha value is -3.09. The van der Waals surface area contributed by atoms with Crippen molar-refractivity contribution in [3.63, 3.8) is 0 Å². The molecule has 0 bridgehead atoms. The van der Waals surface area contributed by atoms with Gasteiger partial charge in [-0.3, -0.25) is 4.79 Å². The van der Waals surface area contributed by atoms with E-state index in [0.717, 1.165) is 0 Å². The van der Waals surface area contributed by atoms with Crippen molar-refractivity contribution >= 4 is 17.8 Å². The first-order chi connectivity index (χ1) is 11.6. The molecule has 7 heteroatoms. The number of carbonyl (C=O) groups excluding carboxylic acids is 1. The van der Waals surface area contributed by atoms with Crippen molar-refractivity contribution in [1.82, 2.24) is 5.43 Å². The van der Waals surface area contributed by atoms with E-state index in [2.05, 4.69) is 15.8 Å². The van der Waals surface area contributed by atoms with E-state index in [1.54, 1.807) is 44.6 Å². The van der Waals surface area contributed by atoms with Gasteiger partial charge in [-0.25, -0.2) is 9.82 Å². The Morgan fingerprint density at radius 3 is 2.58 bits per heavy atom. The minimum absolute atomic E-state index is 0.0121. The van der Waals surface area contributed by atoms with Crippen molar-refractivity contribution in [2.24, 2.45) is 5.10 Å². The zero-order valence-corrected chi connectivity index (χ0v) is 13.4. The molecular weight excluding hydrogens is 313 g/mol. The standard InChI is InChI=1S/C17H18FN3O3/c1-23-15-7-8-16(24-2)12(9-15)10-20-21-17(22)11-19-14-5-3-13(18)4-6-14/h3-10,19H,11H2,1-2H3,(H,21,22)/b20-10+. The van der Waals surface area contributed by atoms with E-state index in [1.165, 1.54) is 18.3 Å². The first kappa shape index (κ1) is 17.3. The third kappa shape index (κ3) is 4.98. The van der Waals surface area contributed by atoms with E-state index in [-0.39, 0.29) is 18.3 Å². The lowest BCUT2D eigenvalue weighted by Gasteiger charge is -2.07. The highest BCUT2D eigenvalue weighted by molar-refractivity contribution is 5.86. The van der Waals surface area contributed by atoms with Gasteiger partial charge in [0, 0.05) is 11.3 Å². The molecule has 0 unspecified atom stereocenters. The molecule has 0 aliphatic rings. The molecular formula is C17H18FN3O3. The molecule has 126 valence electrons. The topological polar surface area (TPSA) is 72.0 Å². The van der Waals surface area contributed by atoms with Crippen LogP contribution in [0.2, 0.25) is 0 Å². The zero-order chi connectivity index (χ0) is 17.4. The van der Waals surface area contributed by atoms with Crippen LogP contribution in [-0.2, 0) is 4.79 Å². The zero-order valence-electron chi connectivity index (χ0n) is 13.4. The van der Waals surface area contributed by atoms with Gasteiger partial charge in [0.25, 0.3) is 5.91 Å². The fraction of sp³-hybridized carbons (Fsp3) is 0.176. The van der Waals surface area contributed by atoms with E-state index in [1.807, 2.05) is 0 Å². The fourth-order valence-corrected chi connectivity index (χ4v) is 1.90. The van der Waals surface area contributed by atoms with E-state index in [4.69, 9.17) is 9.47 Å². The predicted octanol–water partition coefficient (Wildman–Crippen LogP) is 2.41. The third-order valence-corrected chi connectivity index (χ3v) is 3.13. The van der Waals surface area contributed by atoms with Gasteiger partial charge in [-0.2, -0.15) is 5.10 Å². The van der Waals surface area contributed by atoms with Crippen LogP contribution in [0.25, 0.3) is 0 Å². The van der Waals surface area contributed by atoms with Gasteiger partial charge in [0.05, 0.1) is 27.0 Å². The van der Waals surface area contributed by atoms with Crippen molar-refractivity contribution in [3.05, 3.63) is 53.8 Å². The molecule has 0 fully saturated rings. The Morgan fingerprint density at radius 1 is 1.17 bits per heavy atom. The quantitative estimate of drug-likeness (QED) is 0.604. The molecule has 0 heterocycles. The van der Waals surface area contributed by atoms with Crippen molar-refractivity contribution in [2.75, 3.05) is 26.1 Å². The maximum Gasteiger partial charge on any atom is 0.259 e. The summed E-state index contributed by atoms with van der Waals surface area (Å²) in [5.41, 5.74) is 3.71. The number of anilines is 1. The number of nitrogens with one attached hydrogen (secondary N) is 2. The summed E-state index contributed by atoms with van der Waals surface area (Å²) in [4.78, 5) is 11.7. The van der Waals surface area contributed by atoms with Crippen LogP contribution < -0.4 is 20.2 Å². The minimum atomic E-state index is -0.336. The van der Waals surface area contributed by atoms with Crippen LogP contribution in [0.15, 0.2) is 47.6 Å². The number of hydrogen-bond acceptors (Lipinski definition) is 5. The number of benzene rings is 2. The second-order valence-electron chi connectivity index (χ2n) is 4.76. The smallest absolute Gasteiger partial charge is 0.259 e. The number of hydrogen-bond donors (Lipinski definition) is 2. The molecule has 2 aromatic rings. The molecule has 2 aromatic carbocycles. The van der Waals surface area contributed by atoms with Gasteiger partial charge < -0.3 is 14.8 Å². The van der Waals surface area contributed by atoms with Gasteiger partial charge in [-0.05, 0) is 42.5 Å². The third-order valence-electron chi connectivity index (χ3n) is 3.13. The highest BCUT2D eigenvalue weighted by Gasteiger charge is 2.03. The van der Waals surface area contributed by atoms with Crippen LogP contribution in [-0.4, -0.2) is 32.9 Å². The van der Waals surface area contributed by atoms with Crippen LogP contribution in [0, 0.1) is 5.82 Å². The first-order valence-electron chi connectivity index (χ1n) is 7.15. The number of hydrazone groups is 1. The lowest BCUT2D eigenvalue weighted by atomic mass is 10.2. The maximum atomic E-state index is 12.8. The summed E-state index contributed by atoms with van der Waals surface area (Å²) in [6, 6.07) is 11.0. The Labute approximate surface area is 139 Å². The number of rotatable bonds is 7. The predicted molar refractivity (Wildman–Crippen MR) is 90.2 cm³/mol. The molecule has 2 N–H and O–H groups in total. The normalized spacial score (nSPS) is 10.5. The molecule has 0 aliphatic carbocycles. The number of halogens is 1. The molecule has 0 aromatic heterocycles. The van der Waals surface area contributed by atoms with Crippen molar-refractivity contribution in [1.29, 1.82) is 0 Å². The lowest BCUT2D eigenvalue weighted by Crippen LogP contribution is -2.25. The highest BCUT2D eigenvalue weighted by Crippen LogP contribution is 2.22. The summed E-state index contributed by atoms with van der Waals surface area (Å²) in [6.07, 6.45) is 1.47. The van der Waals surface area contributed by atoms with Crippen LogP contribution in [0.4, 0.5) is 10.1 Å². The summed E-state index contributed by atoms with van der Waals surface area (Å²) in [5, 5.41) is 6.76.